The lowest BCUT2D eigenvalue weighted by Gasteiger charge is -2.07. The number of aromatic nitrogens is 3. The predicted octanol–water partition coefficient (Wildman–Crippen LogP) is 0.590. The quantitative estimate of drug-likeness (QED) is 0.835. The Bertz CT molecular complexity index is 562. The molecular formula is C11H11FN4O2. The third-order valence-corrected chi connectivity index (χ3v) is 2.43. The number of aryl methyl sites for hydroxylation is 1. The van der Waals surface area contributed by atoms with Gasteiger partial charge >= 0.3 is 0 Å². The van der Waals surface area contributed by atoms with Gasteiger partial charge in [-0.25, -0.2) is 4.39 Å². The van der Waals surface area contributed by atoms with Crippen molar-refractivity contribution in [2.45, 2.75) is 6.54 Å². The van der Waals surface area contributed by atoms with Crippen molar-refractivity contribution in [2.24, 2.45) is 7.05 Å². The number of nitrogens with one attached hydrogen (secondary N) is 1. The molecular weight excluding hydrogens is 239 g/mol. The molecule has 0 aliphatic rings. The van der Waals surface area contributed by atoms with E-state index in [-0.39, 0.29) is 12.1 Å². The molecule has 7 heteroatoms. The number of rotatable bonds is 3. The van der Waals surface area contributed by atoms with Gasteiger partial charge in [0.2, 0.25) is 0 Å². The lowest BCUT2D eigenvalue weighted by molar-refractivity contribution is 0.0942. The number of benzene rings is 1. The van der Waals surface area contributed by atoms with E-state index in [1.54, 1.807) is 11.6 Å². The Morgan fingerprint density at radius 1 is 1.56 bits per heavy atom. The molecule has 2 aromatic rings. The molecule has 0 saturated carbocycles. The summed E-state index contributed by atoms with van der Waals surface area (Å²) in [6.07, 6.45) is 1.49. The van der Waals surface area contributed by atoms with Gasteiger partial charge in [0, 0.05) is 7.05 Å². The van der Waals surface area contributed by atoms with Crippen LogP contribution in [0.3, 0.4) is 0 Å². The molecule has 0 fully saturated rings. The van der Waals surface area contributed by atoms with Gasteiger partial charge in [0.25, 0.3) is 5.91 Å². The van der Waals surface area contributed by atoms with Crippen molar-refractivity contribution < 1.29 is 14.3 Å². The zero-order valence-corrected chi connectivity index (χ0v) is 9.59. The standard InChI is InChI=1S/C11H11FN4O2/c1-16-6-14-15-9(16)5-13-11(18)10-7(12)3-2-4-8(10)17/h2-4,6,17H,5H2,1H3,(H,13,18). The van der Waals surface area contributed by atoms with E-state index < -0.39 is 17.5 Å². The summed E-state index contributed by atoms with van der Waals surface area (Å²) < 4.78 is 15.0. The second-order valence-corrected chi connectivity index (χ2v) is 3.67. The van der Waals surface area contributed by atoms with Gasteiger partial charge in [0.1, 0.15) is 23.5 Å². The van der Waals surface area contributed by atoms with Crippen molar-refractivity contribution in [3.05, 3.63) is 41.7 Å². The summed E-state index contributed by atoms with van der Waals surface area (Å²) in [5.41, 5.74) is -0.375. The summed E-state index contributed by atoms with van der Waals surface area (Å²) >= 11 is 0. The molecule has 0 saturated heterocycles. The lowest BCUT2D eigenvalue weighted by Crippen LogP contribution is -2.25. The zero-order chi connectivity index (χ0) is 13.1. The van der Waals surface area contributed by atoms with Crippen molar-refractivity contribution in [3.63, 3.8) is 0 Å². The highest BCUT2D eigenvalue weighted by Gasteiger charge is 2.16. The van der Waals surface area contributed by atoms with Crippen LogP contribution in [0.25, 0.3) is 0 Å². The highest BCUT2D eigenvalue weighted by Crippen LogP contribution is 2.19. The minimum atomic E-state index is -0.773. The predicted molar refractivity (Wildman–Crippen MR) is 60.2 cm³/mol. The largest absolute Gasteiger partial charge is 0.507 e. The maximum absolute atomic E-state index is 13.4. The van der Waals surface area contributed by atoms with Crippen molar-refractivity contribution in [1.82, 2.24) is 20.1 Å². The van der Waals surface area contributed by atoms with E-state index in [0.717, 1.165) is 6.07 Å². The average Bonchev–Trinajstić information content (AvgIpc) is 2.72. The first kappa shape index (κ1) is 12.0. The molecule has 0 spiro atoms. The van der Waals surface area contributed by atoms with Gasteiger partial charge in [0.15, 0.2) is 5.82 Å². The molecule has 0 unspecified atom stereocenters. The first-order chi connectivity index (χ1) is 8.59. The van der Waals surface area contributed by atoms with Crippen molar-refractivity contribution in [3.8, 4) is 5.75 Å². The third kappa shape index (κ3) is 2.29. The van der Waals surface area contributed by atoms with Gasteiger partial charge in [-0.1, -0.05) is 6.07 Å². The molecule has 0 radical (unpaired) electrons. The van der Waals surface area contributed by atoms with Crippen LogP contribution in [0.1, 0.15) is 16.2 Å². The van der Waals surface area contributed by atoms with Crippen molar-refractivity contribution >= 4 is 5.91 Å². The average molecular weight is 250 g/mol. The summed E-state index contributed by atoms with van der Waals surface area (Å²) in [4.78, 5) is 11.7. The molecule has 0 atom stereocenters. The summed E-state index contributed by atoms with van der Waals surface area (Å²) in [7, 11) is 1.72. The number of phenols is 1. The molecule has 2 N–H and O–H groups in total. The molecule has 0 aliphatic carbocycles. The number of nitrogens with zero attached hydrogens (tertiary/aromatic N) is 3. The number of carbonyl (C=O) groups is 1. The number of hydrogen-bond donors (Lipinski definition) is 2. The van der Waals surface area contributed by atoms with E-state index in [1.165, 1.54) is 18.5 Å². The van der Waals surface area contributed by atoms with Crippen molar-refractivity contribution in [2.75, 3.05) is 0 Å². The fourth-order valence-corrected chi connectivity index (χ4v) is 1.45. The van der Waals surface area contributed by atoms with Gasteiger partial charge in [-0.2, -0.15) is 0 Å². The number of phenolic OH excluding ortho intramolecular Hbond substituents is 1. The zero-order valence-electron chi connectivity index (χ0n) is 9.59. The number of hydrogen-bond acceptors (Lipinski definition) is 4. The molecule has 6 nitrogen and oxygen atoms in total. The van der Waals surface area contributed by atoms with Gasteiger partial charge in [-0.15, -0.1) is 10.2 Å². The molecule has 0 bridgehead atoms. The Balaban J connectivity index is 2.11. The molecule has 18 heavy (non-hydrogen) atoms. The van der Waals surface area contributed by atoms with Crippen LogP contribution in [0.5, 0.6) is 5.75 Å². The monoisotopic (exact) mass is 250 g/mol. The van der Waals surface area contributed by atoms with Gasteiger partial charge < -0.3 is 15.0 Å². The first-order valence-electron chi connectivity index (χ1n) is 5.18. The smallest absolute Gasteiger partial charge is 0.258 e. The Kier molecular flexibility index (Phi) is 3.22. The first-order valence-corrected chi connectivity index (χ1v) is 5.18. The van der Waals surface area contributed by atoms with E-state index >= 15 is 0 Å². The van der Waals surface area contributed by atoms with Crippen LogP contribution in [-0.2, 0) is 13.6 Å². The summed E-state index contributed by atoms with van der Waals surface area (Å²) in [6, 6.07) is 3.68. The van der Waals surface area contributed by atoms with Crippen LogP contribution in [0.15, 0.2) is 24.5 Å². The Morgan fingerprint density at radius 3 is 2.94 bits per heavy atom. The highest BCUT2D eigenvalue weighted by molar-refractivity contribution is 5.96. The minimum absolute atomic E-state index is 0.100. The van der Waals surface area contributed by atoms with Gasteiger partial charge in [-0.3, -0.25) is 4.79 Å². The fourth-order valence-electron chi connectivity index (χ4n) is 1.45. The van der Waals surface area contributed by atoms with E-state index in [0.29, 0.717) is 5.82 Å². The Morgan fingerprint density at radius 2 is 2.33 bits per heavy atom. The van der Waals surface area contributed by atoms with E-state index in [9.17, 15) is 14.3 Å². The molecule has 1 aromatic heterocycles. The van der Waals surface area contributed by atoms with Gasteiger partial charge in [-0.05, 0) is 12.1 Å². The van der Waals surface area contributed by atoms with Crippen LogP contribution in [0.4, 0.5) is 4.39 Å². The molecule has 2 rings (SSSR count). The Hall–Kier alpha value is -2.44. The van der Waals surface area contributed by atoms with Crippen LogP contribution in [0.2, 0.25) is 0 Å². The molecule has 1 amide bonds. The normalized spacial score (nSPS) is 10.3. The number of carbonyl (C=O) groups excluding carboxylic acids is 1. The highest BCUT2D eigenvalue weighted by atomic mass is 19.1. The Labute approximate surface area is 102 Å². The van der Waals surface area contributed by atoms with Crippen LogP contribution >= 0.6 is 0 Å². The minimum Gasteiger partial charge on any atom is -0.507 e. The molecule has 0 aliphatic heterocycles. The van der Waals surface area contributed by atoms with Crippen LogP contribution in [0, 0.1) is 5.82 Å². The topological polar surface area (TPSA) is 80.0 Å². The van der Waals surface area contributed by atoms with E-state index in [2.05, 4.69) is 15.5 Å². The number of amides is 1. The molecule has 1 heterocycles. The third-order valence-electron chi connectivity index (χ3n) is 2.43. The second-order valence-electron chi connectivity index (χ2n) is 3.67. The molecule has 1 aromatic carbocycles. The SMILES string of the molecule is Cn1cnnc1CNC(=O)c1c(O)cccc1F. The molecule has 94 valence electrons. The van der Waals surface area contributed by atoms with Crippen molar-refractivity contribution in [1.29, 1.82) is 0 Å². The van der Waals surface area contributed by atoms with E-state index in [4.69, 9.17) is 0 Å². The number of aromatic hydroxyl groups is 1. The van der Waals surface area contributed by atoms with Gasteiger partial charge in [0.05, 0.1) is 6.54 Å². The second kappa shape index (κ2) is 4.82. The fraction of sp³-hybridized carbons (Fsp3) is 0.182. The number of halogens is 1. The summed E-state index contributed by atoms with van der Waals surface area (Å²) in [5.74, 6) is -1.34. The lowest BCUT2D eigenvalue weighted by atomic mass is 10.1. The summed E-state index contributed by atoms with van der Waals surface area (Å²) in [5, 5.41) is 19.3. The van der Waals surface area contributed by atoms with E-state index in [1.807, 2.05) is 0 Å². The summed E-state index contributed by atoms with van der Waals surface area (Å²) in [6.45, 7) is 0.100. The maximum atomic E-state index is 13.4. The maximum Gasteiger partial charge on any atom is 0.258 e. The van der Waals surface area contributed by atoms with Crippen LogP contribution in [-0.4, -0.2) is 25.8 Å². The van der Waals surface area contributed by atoms with Crippen LogP contribution < -0.4 is 5.32 Å².